The zero-order valence-electron chi connectivity index (χ0n) is 14.5. The predicted molar refractivity (Wildman–Crippen MR) is 96.6 cm³/mol. The molecule has 0 bridgehead atoms. The summed E-state index contributed by atoms with van der Waals surface area (Å²) in [6, 6.07) is 3.43. The molecule has 0 atom stereocenters. The quantitative estimate of drug-likeness (QED) is 0.737. The molecule has 0 aromatic carbocycles. The lowest BCUT2D eigenvalue weighted by molar-refractivity contribution is -0.114. The monoisotopic (exact) mass is 362 g/mol. The van der Waals surface area contributed by atoms with Crippen LogP contribution in [0.1, 0.15) is 32.3 Å². The standard InChI is InChI=1S/C17H22N4O3S/c1-4-5-7-20-25(23,24)16-11-18-10-15(12(16)2)14-6-8-19-17(9-14)21-13(3)22/h6,8-11,20H,4-5,7H2,1-3H3,(H,19,21,22). The summed E-state index contributed by atoms with van der Waals surface area (Å²) < 4.78 is 27.6. The third-order valence-corrected chi connectivity index (χ3v) is 5.23. The Morgan fingerprint density at radius 3 is 2.72 bits per heavy atom. The summed E-state index contributed by atoms with van der Waals surface area (Å²) in [7, 11) is -3.62. The van der Waals surface area contributed by atoms with Crippen LogP contribution in [0.4, 0.5) is 5.82 Å². The van der Waals surface area contributed by atoms with Crippen LogP contribution in [0.3, 0.4) is 0 Å². The molecule has 2 aromatic rings. The van der Waals surface area contributed by atoms with E-state index in [-0.39, 0.29) is 10.8 Å². The van der Waals surface area contributed by atoms with Gasteiger partial charge in [0.2, 0.25) is 15.9 Å². The lowest BCUT2D eigenvalue weighted by Crippen LogP contribution is -2.25. The number of amides is 1. The van der Waals surface area contributed by atoms with Crippen molar-refractivity contribution in [1.82, 2.24) is 14.7 Å². The van der Waals surface area contributed by atoms with Crippen molar-refractivity contribution >= 4 is 21.7 Å². The number of carbonyl (C=O) groups excluding carboxylic acids is 1. The number of sulfonamides is 1. The Morgan fingerprint density at radius 2 is 2.04 bits per heavy atom. The summed E-state index contributed by atoms with van der Waals surface area (Å²) in [6.07, 6.45) is 6.19. The first kappa shape index (κ1) is 19.0. The summed E-state index contributed by atoms with van der Waals surface area (Å²) in [5.74, 6) is 0.176. The molecular weight excluding hydrogens is 340 g/mol. The van der Waals surface area contributed by atoms with Gasteiger partial charge in [0.1, 0.15) is 10.7 Å². The van der Waals surface area contributed by atoms with Crippen LogP contribution in [0.5, 0.6) is 0 Å². The fourth-order valence-corrected chi connectivity index (χ4v) is 3.66. The Labute approximate surface area is 148 Å². The van der Waals surface area contributed by atoms with Crippen molar-refractivity contribution < 1.29 is 13.2 Å². The molecule has 0 fully saturated rings. The van der Waals surface area contributed by atoms with E-state index in [1.165, 1.54) is 13.1 Å². The molecule has 0 unspecified atom stereocenters. The number of hydrogen-bond acceptors (Lipinski definition) is 5. The minimum atomic E-state index is -3.62. The van der Waals surface area contributed by atoms with Gasteiger partial charge in [0.05, 0.1) is 0 Å². The molecule has 25 heavy (non-hydrogen) atoms. The number of hydrogen-bond donors (Lipinski definition) is 2. The Balaban J connectivity index is 2.40. The summed E-state index contributed by atoms with van der Waals surface area (Å²) in [4.78, 5) is 19.5. The van der Waals surface area contributed by atoms with Crippen molar-refractivity contribution in [1.29, 1.82) is 0 Å². The molecule has 2 N–H and O–H groups in total. The van der Waals surface area contributed by atoms with Gasteiger partial charge in [-0.05, 0) is 36.6 Å². The van der Waals surface area contributed by atoms with E-state index < -0.39 is 10.0 Å². The van der Waals surface area contributed by atoms with Gasteiger partial charge in [-0.15, -0.1) is 0 Å². The number of nitrogens with one attached hydrogen (secondary N) is 2. The highest BCUT2D eigenvalue weighted by Gasteiger charge is 2.19. The van der Waals surface area contributed by atoms with E-state index in [1.807, 2.05) is 6.92 Å². The van der Waals surface area contributed by atoms with Gasteiger partial charge in [-0.25, -0.2) is 18.1 Å². The molecule has 0 radical (unpaired) electrons. The Morgan fingerprint density at radius 1 is 1.28 bits per heavy atom. The first-order valence-electron chi connectivity index (χ1n) is 8.03. The maximum absolute atomic E-state index is 12.5. The zero-order chi connectivity index (χ0) is 18.4. The lowest BCUT2D eigenvalue weighted by Gasteiger charge is -2.13. The SMILES string of the molecule is CCCCNS(=O)(=O)c1cncc(-c2ccnc(NC(C)=O)c2)c1C. The molecule has 2 rings (SSSR count). The highest BCUT2D eigenvalue weighted by atomic mass is 32.2. The molecule has 0 spiro atoms. The normalized spacial score (nSPS) is 11.3. The van der Waals surface area contributed by atoms with Crippen molar-refractivity contribution in [3.63, 3.8) is 0 Å². The van der Waals surface area contributed by atoms with Gasteiger partial charge in [-0.2, -0.15) is 0 Å². The number of nitrogens with zero attached hydrogens (tertiary/aromatic N) is 2. The largest absolute Gasteiger partial charge is 0.311 e. The van der Waals surface area contributed by atoms with Crippen LogP contribution in [-0.2, 0) is 14.8 Å². The van der Waals surface area contributed by atoms with Gasteiger partial charge in [0, 0.05) is 37.6 Å². The van der Waals surface area contributed by atoms with Crippen molar-refractivity contribution in [3.8, 4) is 11.1 Å². The average Bonchev–Trinajstić information content (AvgIpc) is 2.54. The first-order valence-corrected chi connectivity index (χ1v) is 9.51. The number of pyridine rings is 2. The van der Waals surface area contributed by atoms with Crippen molar-refractivity contribution in [2.24, 2.45) is 0 Å². The summed E-state index contributed by atoms with van der Waals surface area (Å²) >= 11 is 0. The van der Waals surface area contributed by atoms with Crippen LogP contribution >= 0.6 is 0 Å². The summed E-state index contributed by atoms with van der Waals surface area (Å²) in [5, 5.41) is 2.61. The van der Waals surface area contributed by atoms with Gasteiger partial charge in [0.25, 0.3) is 0 Å². The Bertz CT molecular complexity index is 866. The molecule has 0 aliphatic rings. The van der Waals surface area contributed by atoms with Crippen LogP contribution in [0.25, 0.3) is 11.1 Å². The molecule has 0 saturated carbocycles. The second kappa shape index (κ2) is 8.17. The smallest absolute Gasteiger partial charge is 0.242 e. The van der Waals surface area contributed by atoms with E-state index in [0.29, 0.717) is 23.5 Å². The van der Waals surface area contributed by atoms with E-state index in [1.54, 1.807) is 31.5 Å². The molecule has 134 valence electrons. The van der Waals surface area contributed by atoms with Crippen molar-refractivity contribution in [2.45, 2.75) is 38.5 Å². The molecule has 0 aliphatic carbocycles. The van der Waals surface area contributed by atoms with Crippen LogP contribution in [0.15, 0.2) is 35.6 Å². The third-order valence-electron chi connectivity index (χ3n) is 3.66. The number of anilines is 1. The highest BCUT2D eigenvalue weighted by molar-refractivity contribution is 7.89. The van der Waals surface area contributed by atoms with Crippen LogP contribution in [0, 0.1) is 6.92 Å². The van der Waals surface area contributed by atoms with Gasteiger partial charge >= 0.3 is 0 Å². The second-order valence-corrected chi connectivity index (χ2v) is 7.41. The van der Waals surface area contributed by atoms with Gasteiger partial charge in [0.15, 0.2) is 0 Å². The molecule has 1 amide bonds. The van der Waals surface area contributed by atoms with E-state index in [0.717, 1.165) is 18.4 Å². The number of carbonyl (C=O) groups is 1. The van der Waals surface area contributed by atoms with Gasteiger partial charge < -0.3 is 5.32 Å². The number of rotatable bonds is 7. The topological polar surface area (TPSA) is 101 Å². The molecule has 7 nitrogen and oxygen atoms in total. The van der Waals surface area contributed by atoms with E-state index >= 15 is 0 Å². The second-order valence-electron chi connectivity index (χ2n) is 5.67. The molecule has 2 heterocycles. The lowest BCUT2D eigenvalue weighted by atomic mass is 10.0. The number of unbranched alkanes of at least 4 members (excludes halogenated alkanes) is 1. The van der Waals surface area contributed by atoms with Crippen molar-refractivity contribution in [3.05, 3.63) is 36.3 Å². The van der Waals surface area contributed by atoms with Gasteiger partial charge in [-0.1, -0.05) is 13.3 Å². The Hall–Kier alpha value is -2.32. The maximum Gasteiger partial charge on any atom is 0.242 e. The highest BCUT2D eigenvalue weighted by Crippen LogP contribution is 2.28. The maximum atomic E-state index is 12.5. The fourth-order valence-electron chi connectivity index (χ4n) is 2.38. The Kier molecular flexibility index (Phi) is 6.22. The number of aromatic nitrogens is 2. The predicted octanol–water partition coefficient (Wildman–Crippen LogP) is 2.49. The summed E-state index contributed by atoms with van der Waals surface area (Å²) in [6.45, 7) is 5.53. The molecule has 8 heteroatoms. The van der Waals surface area contributed by atoms with Crippen LogP contribution in [-0.4, -0.2) is 30.8 Å². The summed E-state index contributed by atoms with van der Waals surface area (Å²) in [5.41, 5.74) is 2.00. The van der Waals surface area contributed by atoms with Crippen molar-refractivity contribution in [2.75, 3.05) is 11.9 Å². The fraction of sp³-hybridized carbons (Fsp3) is 0.353. The van der Waals surface area contributed by atoms with Crippen LogP contribution in [0.2, 0.25) is 0 Å². The minimum Gasteiger partial charge on any atom is -0.311 e. The van der Waals surface area contributed by atoms with E-state index in [4.69, 9.17) is 0 Å². The third kappa shape index (κ3) is 4.83. The minimum absolute atomic E-state index is 0.152. The first-order chi connectivity index (χ1) is 11.8. The zero-order valence-corrected chi connectivity index (χ0v) is 15.4. The average molecular weight is 362 g/mol. The molecule has 0 aliphatic heterocycles. The van der Waals surface area contributed by atoms with E-state index in [9.17, 15) is 13.2 Å². The molecule has 0 saturated heterocycles. The molecule has 2 aromatic heterocycles. The van der Waals surface area contributed by atoms with E-state index in [2.05, 4.69) is 20.0 Å². The van der Waals surface area contributed by atoms with Crippen LogP contribution < -0.4 is 10.0 Å². The van der Waals surface area contributed by atoms with Gasteiger partial charge in [-0.3, -0.25) is 9.78 Å². The molecular formula is C17H22N4O3S.